The second-order valence-corrected chi connectivity index (χ2v) is 4.89. The molecule has 0 saturated heterocycles. The quantitative estimate of drug-likeness (QED) is 0.452. The molecule has 8 heteroatoms. The minimum absolute atomic E-state index is 0.255. The monoisotopic (exact) mass is 293 g/mol. The summed E-state index contributed by atoms with van der Waals surface area (Å²) >= 11 is 1.30. The van der Waals surface area contributed by atoms with Crippen molar-refractivity contribution in [1.29, 1.82) is 0 Å². The van der Waals surface area contributed by atoms with E-state index in [1.54, 1.807) is 17.5 Å². The highest BCUT2D eigenvalue weighted by atomic mass is 32.1. The van der Waals surface area contributed by atoms with E-state index in [2.05, 4.69) is 5.32 Å². The van der Waals surface area contributed by atoms with Crippen LogP contribution in [-0.2, 0) is 4.79 Å². The first kappa shape index (κ1) is 14.0. The number of hydrogen-bond acceptors (Lipinski definition) is 6. The number of aromatic hydroxyl groups is 1. The van der Waals surface area contributed by atoms with Crippen LogP contribution in [0.3, 0.4) is 0 Å². The van der Waals surface area contributed by atoms with E-state index in [0.29, 0.717) is 4.88 Å². The topological polar surface area (TPSA) is 118 Å². The molecule has 4 N–H and O–H groups in total. The van der Waals surface area contributed by atoms with Gasteiger partial charge >= 0.3 is 0 Å². The Morgan fingerprint density at radius 3 is 2.75 bits per heavy atom. The van der Waals surface area contributed by atoms with Gasteiger partial charge in [-0.25, -0.2) is 0 Å². The molecule has 2 rings (SSSR count). The SMILES string of the molecule is NC(C(=O)Nc1c(O)cccc1[N+](=O)[O-])c1cccs1. The average Bonchev–Trinajstić information content (AvgIpc) is 2.93. The number of nitrogens with one attached hydrogen (secondary N) is 1. The van der Waals surface area contributed by atoms with Gasteiger partial charge in [0.25, 0.3) is 5.69 Å². The number of phenols is 1. The smallest absolute Gasteiger partial charge is 0.296 e. The number of carbonyl (C=O) groups is 1. The summed E-state index contributed by atoms with van der Waals surface area (Å²) in [7, 11) is 0. The van der Waals surface area contributed by atoms with Crippen molar-refractivity contribution in [2.75, 3.05) is 5.32 Å². The number of thiophene rings is 1. The van der Waals surface area contributed by atoms with Gasteiger partial charge in [-0.1, -0.05) is 12.1 Å². The van der Waals surface area contributed by atoms with E-state index in [-0.39, 0.29) is 11.4 Å². The lowest BCUT2D eigenvalue weighted by molar-refractivity contribution is -0.384. The van der Waals surface area contributed by atoms with E-state index in [9.17, 15) is 20.0 Å². The summed E-state index contributed by atoms with van der Waals surface area (Å²) in [6.07, 6.45) is 0. The standard InChI is InChI=1S/C12H11N3O4S/c13-10(9-5-2-6-20-9)12(17)14-11-7(15(18)19)3-1-4-8(11)16/h1-6,10,16H,13H2,(H,14,17). The minimum Gasteiger partial charge on any atom is -0.505 e. The average molecular weight is 293 g/mol. The van der Waals surface area contributed by atoms with Crippen LogP contribution in [0.25, 0.3) is 0 Å². The number of nitrogens with two attached hydrogens (primary N) is 1. The molecule has 0 aliphatic carbocycles. The second-order valence-electron chi connectivity index (χ2n) is 3.91. The Morgan fingerprint density at radius 1 is 1.40 bits per heavy atom. The maximum atomic E-state index is 12.0. The van der Waals surface area contributed by atoms with E-state index in [1.165, 1.54) is 29.5 Å². The fourth-order valence-corrected chi connectivity index (χ4v) is 2.33. The van der Waals surface area contributed by atoms with Crippen LogP contribution in [-0.4, -0.2) is 15.9 Å². The molecule has 0 radical (unpaired) electrons. The summed E-state index contributed by atoms with van der Waals surface area (Å²) in [5, 5.41) is 24.6. The molecule has 1 atom stereocenters. The lowest BCUT2D eigenvalue weighted by atomic mass is 10.2. The third kappa shape index (κ3) is 2.76. The number of benzene rings is 1. The zero-order valence-corrected chi connectivity index (χ0v) is 11.0. The highest BCUT2D eigenvalue weighted by Crippen LogP contribution is 2.33. The first-order valence-corrected chi connectivity index (χ1v) is 6.45. The number of anilines is 1. The van der Waals surface area contributed by atoms with Crippen LogP contribution in [0.1, 0.15) is 10.9 Å². The molecule has 7 nitrogen and oxygen atoms in total. The summed E-state index contributed by atoms with van der Waals surface area (Å²) in [5.74, 6) is -1.01. The van der Waals surface area contributed by atoms with Gasteiger partial charge in [0.2, 0.25) is 5.91 Å². The predicted octanol–water partition coefficient (Wildman–Crippen LogP) is 2.00. The summed E-state index contributed by atoms with van der Waals surface area (Å²) in [5.41, 5.74) is 5.11. The van der Waals surface area contributed by atoms with Crippen LogP contribution in [0.15, 0.2) is 35.7 Å². The van der Waals surface area contributed by atoms with Crippen molar-refractivity contribution in [1.82, 2.24) is 0 Å². The molecule has 0 fully saturated rings. The van der Waals surface area contributed by atoms with Crippen LogP contribution in [0, 0.1) is 10.1 Å². The van der Waals surface area contributed by atoms with Crippen LogP contribution in [0.5, 0.6) is 5.75 Å². The minimum atomic E-state index is -0.950. The highest BCUT2D eigenvalue weighted by Gasteiger charge is 2.23. The van der Waals surface area contributed by atoms with Gasteiger partial charge in [-0.15, -0.1) is 11.3 Å². The Bertz CT molecular complexity index is 642. The molecule has 1 aromatic carbocycles. The third-order valence-corrected chi connectivity index (χ3v) is 3.55. The van der Waals surface area contributed by atoms with Gasteiger partial charge in [0, 0.05) is 10.9 Å². The van der Waals surface area contributed by atoms with Crippen LogP contribution >= 0.6 is 11.3 Å². The summed E-state index contributed by atoms with van der Waals surface area (Å²) in [6.45, 7) is 0. The number of nitro groups is 1. The number of nitro benzene ring substituents is 1. The van der Waals surface area contributed by atoms with Crippen molar-refractivity contribution in [3.05, 3.63) is 50.7 Å². The second kappa shape index (κ2) is 5.68. The predicted molar refractivity (Wildman–Crippen MR) is 74.6 cm³/mol. The van der Waals surface area contributed by atoms with Crippen molar-refractivity contribution in [3.63, 3.8) is 0 Å². The molecule has 0 aliphatic heterocycles. The normalized spacial score (nSPS) is 11.8. The Hall–Kier alpha value is -2.45. The van der Waals surface area contributed by atoms with Gasteiger partial charge in [-0.2, -0.15) is 0 Å². The lowest BCUT2D eigenvalue weighted by Gasteiger charge is -2.11. The van der Waals surface area contributed by atoms with Crippen LogP contribution < -0.4 is 11.1 Å². The Labute approximate surface area is 117 Å². The van der Waals surface area contributed by atoms with Gasteiger partial charge in [0.05, 0.1) is 4.92 Å². The molecular weight excluding hydrogens is 282 g/mol. The number of phenolic OH excluding ortho intramolecular Hbond substituents is 1. The van der Waals surface area contributed by atoms with Gasteiger partial charge in [0.15, 0.2) is 5.69 Å². The molecular formula is C12H11N3O4S. The van der Waals surface area contributed by atoms with E-state index in [1.807, 2.05) is 0 Å². The number of carbonyl (C=O) groups excluding carboxylic acids is 1. The first-order chi connectivity index (χ1) is 9.50. The third-order valence-electron chi connectivity index (χ3n) is 2.60. The number of rotatable bonds is 4. The molecule has 1 aromatic heterocycles. The number of hydrogen-bond donors (Lipinski definition) is 3. The van der Waals surface area contributed by atoms with E-state index in [0.717, 1.165) is 0 Å². The van der Waals surface area contributed by atoms with Crippen molar-refractivity contribution in [2.24, 2.45) is 5.73 Å². The molecule has 0 spiro atoms. The van der Waals surface area contributed by atoms with E-state index >= 15 is 0 Å². The van der Waals surface area contributed by atoms with Crippen LogP contribution in [0.4, 0.5) is 11.4 Å². The molecule has 0 saturated carbocycles. The maximum absolute atomic E-state index is 12.0. The number of nitrogens with zero attached hydrogens (tertiary/aromatic N) is 1. The first-order valence-electron chi connectivity index (χ1n) is 5.57. The molecule has 20 heavy (non-hydrogen) atoms. The highest BCUT2D eigenvalue weighted by molar-refractivity contribution is 7.10. The molecule has 2 aromatic rings. The van der Waals surface area contributed by atoms with Gasteiger partial charge in [-0.3, -0.25) is 14.9 Å². The van der Waals surface area contributed by atoms with Crippen molar-refractivity contribution >= 4 is 28.6 Å². The van der Waals surface area contributed by atoms with E-state index < -0.39 is 22.6 Å². The Kier molecular flexibility index (Phi) is 3.97. The van der Waals surface area contributed by atoms with Gasteiger partial charge in [0.1, 0.15) is 11.8 Å². The van der Waals surface area contributed by atoms with Crippen LogP contribution in [0.2, 0.25) is 0 Å². The molecule has 1 heterocycles. The summed E-state index contributed by atoms with van der Waals surface area (Å²) in [4.78, 5) is 22.8. The Balaban J connectivity index is 2.26. The fourth-order valence-electron chi connectivity index (χ4n) is 1.61. The zero-order chi connectivity index (χ0) is 14.7. The lowest BCUT2D eigenvalue weighted by Crippen LogP contribution is -2.27. The number of para-hydroxylation sites is 1. The molecule has 0 bridgehead atoms. The van der Waals surface area contributed by atoms with Crippen molar-refractivity contribution < 1.29 is 14.8 Å². The summed E-state index contributed by atoms with van der Waals surface area (Å²) < 4.78 is 0. The largest absolute Gasteiger partial charge is 0.505 e. The molecule has 1 unspecified atom stereocenters. The van der Waals surface area contributed by atoms with Crippen molar-refractivity contribution in [2.45, 2.75) is 6.04 Å². The van der Waals surface area contributed by atoms with E-state index in [4.69, 9.17) is 5.73 Å². The maximum Gasteiger partial charge on any atom is 0.296 e. The van der Waals surface area contributed by atoms with Crippen molar-refractivity contribution in [3.8, 4) is 5.75 Å². The molecule has 1 amide bonds. The summed E-state index contributed by atoms with van der Waals surface area (Å²) in [6, 6.07) is 6.24. The van der Waals surface area contributed by atoms with Gasteiger partial charge in [-0.05, 0) is 17.5 Å². The Morgan fingerprint density at radius 2 is 2.15 bits per heavy atom. The number of amides is 1. The fraction of sp³-hybridized carbons (Fsp3) is 0.0833. The zero-order valence-electron chi connectivity index (χ0n) is 10.1. The van der Waals surface area contributed by atoms with Gasteiger partial charge < -0.3 is 16.2 Å². The molecule has 104 valence electrons. The molecule has 0 aliphatic rings.